The van der Waals surface area contributed by atoms with Gasteiger partial charge in [0.2, 0.25) is 0 Å². The maximum atomic E-state index is 11.4. The highest BCUT2D eigenvalue weighted by Crippen LogP contribution is 2.15. The Labute approximate surface area is 131 Å². The molecule has 0 spiro atoms. The fourth-order valence-electron chi connectivity index (χ4n) is 2.20. The number of amides is 1. The Balaban J connectivity index is 2.06. The summed E-state index contributed by atoms with van der Waals surface area (Å²) >= 11 is 0. The van der Waals surface area contributed by atoms with Crippen LogP contribution in [0.3, 0.4) is 0 Å². The van der Waals surface area contributed by atoms with Gasteiger partial charge in [0.25, 0.3) is 5.91 Å². The molecule has 1 amide bonds. The van der Waals surface area contributed by atoms with Crippen molar-refractivity contribution in [3.05, 3.63) is 59.4 Å². The van der Waals surface area contributed by atoms with Crippen LogP contribution in [0, 0.1) is 0 Å². The van der Waals surface area contributed by atoms with Gasteiger partial charge in [-0.05, 0) is 30.8 Å². The number of benzene rings is 1. The molecule has 0 aliphatic carbocycles. The molecule has 1 aromatic carbocycles. The predicted molar refractivity (Wildman–Crippen MR) is 88.5 cm³/mol. The zero-order valence-electron chi connectivity index (χ0n) is 13.0. The van der Waals surface area contributed by atoms with Crippen molar-refractivity contribution in [2.24, 2.45) is 5.73 Å². The molecule has 22 heavy (non-hydrogen) atoms. The van der Waals surface area contributed by atoms with Crippen LogP contribution in [0.2, 0.25) is 0 Å². The van der Waals surface area contributed by atoms with Crippen LogP contribution < -0.4 is 11.1 Å². The first-order valence-electron chi connectivity index (χ1n) is 7.34. The second-order valence-electron chi connectivity index (χ2n) is 5.29. The van der Waals surface area contributed by atoms with E-state index in [4.69, 9.17) is 5.73 Å². The lowest BCUT2D eigenvalue weighted by Crippen LogP contribution is -2.17. The van der Waals surface area contributed by atoms with Crippen LogP contribution in [0.15, 0.2) is 42.7 Å². The number of primary amides is 1. The van der Waals surface area contributed by atoms with E-state index < -0.39 is 5.91 Å². The summed E-state index contributed by atoms with van der Waals surface area (Å²) in [6.07, 6.45) is 3.12. The van der Waals surface area contributed by atoms with E-state index in [1.807, 2.05) is 0 Å². The third-order valence-electron chi connectivity index (χ3n) is 3.55. The van der Waals surface area contributed by atoms with Crippen molar-refractivity contribution in [2.45, 2.75) is 20.0 Å². The Bertz CT molecular complexity index is 642. The second kappa shape index (κ2) is 7.56. The monoisotopic (exact) mass is 298 g/mol. The highest BCUT2D eigenvalue weighted by Gasteiger charge is 2.07. The first kappa shape index (κ1) is 16.0. The SMILES string of the molecule is CCN(C)Cc1cccc(CNc2ccncc2C(N)=O)c1. The predicted octanol–water partition coefficient (Wildman–Crippen LogP) is 2.24. The molecule has 0 saturated carbocycles. The van der Waals surface area contributed by atoms with E-state index in [1.165, 1.54) is 11.8 Å². The van der Waals surface area contributed by atoms with Gasteiger partial charge in [-0.25, -0.2) is 0 Å². The average molecular weight is 298 g/mol. The molecule has 0 atom stereocenters. The number of hydrogen-bond donors (Lipinski definition) is 2. The van der Waals surface area contributed by atoms with Crippen molar-refractivity contribution < 1.29 is 4.79 Å². The van der Waals surface area contributed by atoms with E-state index in [0.29, 0.717) is 17.8 Å². The Morgan fingerprint density at radius 3 is 2.82 bits per heavy atom. The minimum absolute atomic E-state index is 0.407. The molecule has 2 aromatic rings. The lowest BCUT2D eigenvalue weighted by Gasteiger charge is -2.15. The molecule has 0 saturated heterocycles. The van der Waals surface area contributed by atoms with Gasteiger partial charge in [-0.15, -0.1) is 0 Å². The van der Waals surface area contributed by atoms with Crippen LogP contribution in [0.25, 0.3) is 0 Å². The van der Waals surface area contributed by atoms with Crippen molar-refractivity contribution in [2.75, 3.05) is 18.9 Å². The lowest BCUT2D eigenvalue weighted by atomic mass is 10.1. The van der Waals surface area contributed by atoms with E-state index in [9.17, 15) is 4.79 Å². The summed E-state index contributed by atoms with van der Waals surface area (Å²) in [6.45, 7) is 4.71. The largest absolute Gasteiger partial charge is 0.380 e. The summed E-state index contributed by atoms with van der Waals surface area (Å²) in [7, 11) is 2.10. The maximum absolute atomic E-state index is 11.4. The van der Waals surface area contributed by atoms with Crippen LogP contribution in [0.1, 0.15) is 28.4 Å². The molecule has 116 valence electrons. The van der Waals surface area contributed by atoms with Crippen molar-refractivity contribution in [3.8, 4) is 0 Å². The smallest absolute Gasteiger partial charge is 0.252 e. The highest BCUT2D eigenvalue weighted by molar-refractivity contribution is 5.98. The Hall–Kier alpha value is -2.40. The van der Waals surface area contributed by atoms with Crippen molar-refractivity contribution in [3.63, 3.8) is 0 Å². The number of carbonyl (C=O) groups is 1. The van der Waals surface area contributed by atoms with Crippen LogP contribution in [0.4, 0.5) is 5.69 Å². The van der Waals surface area contributed by atoms with Crippen LogP contribution in [-0.2, 0) is 13.1 Å². The molecule has 2 rings (SSSR count). The minimum Gasteiger partial charge on any atom is -0.380 e. The van der Waals surface area contributed by atoms with E-state index in [2.05, 4.69) is 53.4 Å². The minimum atomic E-state index is -0.478. The van der Waals surface area contributed by atoms with Crippen LogP contribution in [0.5, 0.6) is 0 Å². The molecular weight excluding hydrogens is 276 g/mol. The molecule has 0 aliphatic rings. The number of carbonyl (C=O) groups excluding carboxylic acids is 1. The van der Waals surface area contributed by atoms with Crippen LogP contribution >= 0.6 is 0 Å². The number of nitrogens with two attached hydrogens (primary N) is 1. The molecule has 0 unspecified atom stereocenters. The molecule has 0 fully saturated rings. The van der Waals surface area contributed by atoms with Gasteiger partial charge in [-0.3, -0.25) is 9.78 Å². The van der Waals surface area contributed by atoms with Gasteiger partial charge in [0, 0.05) is 25.5 Å². The number of nitrogens with zero attached hydrogens (tertiary/aromatic N) is 2. The van der Waals surface area contributed by atoms with E-state index in [-0.39, 0.29) is 0 Å². The molecule has 3 N–H and O–H groups in total. The number of nitrogens with one attached hydrogen (secondary N) is 1. The van der Waals surface area contributed by atoms with Crippen molar-refractivity contribution >= 4 is 11.6 Å². The van der Waals surface area contributed by atoms with Gasteiger partial charge in [0.1, 0.15) is 0 Å². The first-order chi connectivity index (χ1) is 10.6. The fraction of sp³-hybridized carbons (Fsp3) is 0.294. The number of aromatic nitrogens is 1. The Kier molecular flexibility index (Phi) is 5.49. The molecule has 0 aliphatic heterocycles. The second-order valence-corrected chi connectivity index (χ2v) is 5.29. The van der Waals surface area contributed by atoms with Gasteiger partial charge in [0.05, 0.1) is 11.3 Å². The quantitative estimate of drug-likeness (QED) is 0.822. The van der Waals surface area contributed by atoms with Crippen LogP contribution in [-0.4, -0.2) is 29.4 Å². The summed E-state index contributed by atoms with van der Waals surface area (Å²) in [5, 5.41) is 3.25. The molecule has 0 radical (unpaired) electrons. The Morgan fingerprint density at radius 1 is 1.32 bits per heavy atom. The lowest BCUT2D eigenvalue weighted by molar-refractivity contribution is 0.100. The third kappa shape index (κ3) is 4.30. The fourth-order valence-corrected chi connectivity index (χ4v) is 2.20. The first-order valence-corrected chi connectivity index (χ1v) is 7.34. The van der Waals surface area contributed by atoms with E-state index in [0.717, 1.165) is 18.7 Å². The summed E-state index contributed by atoms with van der Waals surface area (Å²) in [4.78, 5) is 17.6. The number of rotatable bonds is 7. The summed E-state index contributed by atoms with van der Waals surface area (Å²) < 4.78 is 0. The number of pyridine rings is 1. The molecule has 5 heteroatoms. The Morgan fingerprint density at radius 2 is 2.09 bits per heavy atom. The van der Waals surface area contributed by atoms with Gasteiger partial charge < -0.3 is 16.0 Å². The summed E-state index contributed by atoms with van der Waals surface area (Å²) in [5.74, 6) is -0.478. The molecule has 0 bridgehead atoms. The van der Waals surface area contributed by atoms with Crippen molar-refractivity contribution in [1.29, 1.82) is 0 Å². The number of hydrogen-bond acceptors (Lipinski definition) is 4. The third-order valence-corrected chi connectivity index (χ3v) is 3.55. The topological polar surface area (TPSA) is 71.2 Å². The van der Waals surface area contributed by atoms with Gasteiger partial charge >= 0.3 is 0 Å². The average Bonchev–Trinajstić information content (AvgIpc) is 2.53. The highest BCUT2D eigenvalue weighted by atomic mass is 16.1. The standard InChI is InChI=1S/C17H22N4O/c1-3-21(2)12-14-6-4-5-13(9-14)10-20-16-7-8-19-11-15(16)17(18)22/h4-9,11H,3,10,12H2,1-2H3,(H2,18,22)(H,19,20). The molecular formula is C17H22N4O. The van der Waals surface area contributed by atoms with Gasteiger partial charge in [0.15, 0.2) is 0 Å². The molecule has 1 aromatic heterocycles. The van der Waals surface area contributed by atoms with Gasteiger partial charge in [-0.2, -0.15) is 0 Å². The van der Waals surface area contributed by atoms with E-state index >= 15 is 0 Å². The zero-order chi connectivity index (χ0) is 15.9. The van der Waals surface area contributed by atoms with Gasteiger partial charge in [-0.1, -0.05) is 31.2 Å². The normalized spacial score (nSPS) is 10.7. The molecule has 5 nitrogen and oxygen atoms in total. The number of anilines is 1. The van der Waals surface area contributed by atoms with Crippen molar-refractivity contribution in [1.82, 2.24) is 9.88 Å². The maximum Gasteiger partial charge on any atom is 0.252 e. The van der Waals surface area contributed by atoms with E-state index in [1.54, 1.807) is 12.3 Å². The summed E-state index contributed by atoms with van der Waals surface area (Å²) in [5.41, 5.74) is 8.90. The molecule has 1 heterocycles. The summed E-state index contributed by atoms with van der Waals surface area (Å²) in [6, 6.07) is 10.2. The zero-order valence-corrected chi connectivity index (χ0v) is 13.0.